The number of hydrogen-bond donors (Lipinski definition) is 1. The second-order valence-corrected chi connectivity index (χ2v) is 9.61. The Balaban J connectivity index is 1.76. The summed E-state index contributed by atoms with van der Waals surface area (Å²) in [6, 6.07) is 9.18. The van der Waals surface area contributed by atoms with Gasteiger partial charge in [-0.3, -0.25) is 14.2 Å². The van der Waals surface area contributed by atoms with Crippen LogP contribution in [0.3, 0.4) is 0 Å². The minimum absolute atomic E-state index is 0.0627. The number of methoxy groups -OCH3 is 1. The minimum Gasteiger partial charge on any atom is -0.385 e. The molecule has 1 aromatic carbocycles. The van der Waals surface area contributed by atoms with Crippen molar-refractivity contribution in [3.05, 3.63) is 56.1 Å². The van der Waals surface area contributed by atoms with Crippen molar-refractivity contribution in [1.29, 1.82) is 0 Å². The Hall–Kier alpha value is -1.87. The number of amides is 1. The number of aryl methyl sites for hydroxylation is 1. The smallest absolute Gasteiger partial charge is 0.262 e. The van der Waals surface area contributed by atoms with Crippen LogP contribution >= 0.6 is 34.7 Å². The van der Waals surface area contributed by atoms with Gasteiger partial charge in [0, 0.05) is 30.2 Å². The molecule has 0 saturated heterocycles. The molecule has 0 aliphatic rings. The number of fused-ring (bicyclic) bond motifs is 1. The number of benzene rings is 1. The van der Waals surface area contributed by atoms with Gasteiger partial charge in [0.15, 0.2) is 5.16 Å². The van der Waals surface area contributed by atoms with Gasteiger partial charge < -0.3 is 10.1 Å². The molecule has 0 radical (unpaired) electrons. The molecular formula is C22H26ClN3O3S2. The van der Waals surface area contributed by atoms with Crippen LogP contribution in [0.2, 0.25) is 5.02 Å². The lowest BCUT2D eigenvalue weighted by Gasteiger charge is -2.15. The van der Waals surface area contributed by atoms with Gasteiger partial charge in [0.05, 0.1) is 17.2 Å². The first kappa shape index (κ1) is 23.8. The Bertz CT molecular complexity index is 1110. The summed E-state index contributed by atoms with van der Waals surface area (Å²) in [6.45, 7) is 5.02. The maximum absolute atomic E-state index is 13.1. The van der Waals surface area contributed by atoms with Crippen LogP contribution in [-0.4, -0.2) is 34.9 Å². The van der Waals surface area contributed by atoms with Gasteiger partial charge >= 0.3 is 0 Å². The molecule has 0 fully saturated rings. The number of hydrogen-bond acceptors (Lipinski definition) is 6. The summed E-state index contributed by atoms with van der Waals surface area (Å²) in [5.41, 5.74) is 0.875. The number of ether oxygens (including phenoxy) is 1. The summed E-state index contributed by atoms with van der Waals surface area (Å²) >= 11 is 8.86. The second kappa shape index (κ2) is 11.1. The first-order valence-corrected chi connectivity index (χ1v) is 12.3. The molecule has 1 N–H and O–H groups in total. The molecule has 2 heterocycles. The zero-order chi connectivity index (χ0) is 22.4. The van der Waals surface area contributed by atoms with Gasteiger partial charge in [-0.25, -0.2) is 4.98 Å². The summed E-state index contributed by atoms with van der Waals surface area (Å²) in [5.74, 6) is 0.0368. The fraction of sp³-hybridized carbons (Fsp3) is 0.409. The normalized spacial score (nSPS) is 12.3. The van der Waals surface area contributed by atoms with E-state index in [0.717, 1.165) is 21.7 Å². The monoisotopic (exact) mass is 479 g/mol. The number of rotatable bonds is 10. The van der Waals surface area contributed by atoms with E-state index in [-0.39, 0.29) is 23.3 Å². The number of thiophene rings is 1. The summed E-state index contributed by atoms with van der Waals surface area (Å²) in [4.78, 5) is 32.2. The molecule has 31 heavy (non-hydrogen) atoms. The second-order valence-electron chi connectivity index (χ2n) is 7.12. The maximum atomic E-state index is 13.1. The van der Waals surface area contributed by atoms with Crippen molar-refractivity contribution >= 4 is 50.8 Å². The van der Waals surface area contributed by atoms with Crippen LogP contribution < -0.4 is 10.9 Å². The number of thioether (sulfide) groups is 1. The van der Waals surface area contributed by atoms with Gasteiger partial charge in [-0.05, 0) is 43.5 Å². The quantitative estimate of drug-likeness (QED) is 0.259. The van der Waals surface area contributed by atoms with E-state index < -0.39 is 0 Å². The fourth-order valence-corrected chi connectivity index (χ4v) is 5.21. The van der Waals surface area contributed by atoms with Crippen LogP contribution in [-0.2, 0) is 22.5 Å². The van der Waals surface area contributed by atoms with Crippen molar-refractivity contribution in [2.24, 2.45) is 0 Å². The molecule has 0 aliphatic heterocycles. The van der Waals surface area contributed by atoms with Crippen molar-refractivity contribution in [2.45, 2.75) is 44.4 Å². The average molecular weight is 480 g/mol. The third kappa shape index (κ3) is 6.10. The minimum atomic E-state index is -0.171. The average Bonchev–Trinajstić information content (AvgIpc) is 3.17. The molecule has 166 valence electrons. The predicted octanol–water partition coefficient (Wildman–Crippen LogP) is 4.68. The highest BCUT2D eigenvalue weighted by Gasteiger charge is 2.16. The summed E-state index contributed by atoms with van der Waals surface area (Å²) in [7, 11) is 1.64. The molecule has 2 aromatic heterocycles. The van der Waals surface area contributed by atoms with E-state index in [1.54, 1.807) is 17.7 Å². The largest absolute Gasteiger partial charge is 0.385 e. The van der Waals surface area contributed by atoms with Crippen LogP contribution in [0.25, 0.3) is 10.2 Å². The Morgan fingerprint density at radius 1 is 1.39 bits per heavy atom. The highest BCUT2D eigenvalue weighted by Crippen LogP contribution is 2.25. The van der Waals surface area contributed by atoms with Crippen LogP contribution in [0.1, 0.15) is 36.8 Å². The SMILES string of the molecule is CCc1cc2c(=O)n(CCCOC)c(SCC(=O)N[C@H](C)c3cccc(Cl)c3)nc2s1. The van der Waals surface area contributed by atoms with Crippen LogP contribution in [0.4, 0.5) is 0 Å². The molecule has 0 spiro atoms. The number of aromatic nitrogens is 2. The summed E-state index contributed by atoms with van der Waals surface area (Å²) in [5, 5.41) is 4.81. The number of halogens is 1. The Morgan fingerprint density at radius 3 is 2.90 bits per heavy atom. The van der Waals surface area contributed by atoms with E-state index in [2.05, 4.69) is 12.2 Å². The molecule has 3 rings (SSSR count). The third-order valence-electron chi connectivity index (χ3n) is 4.80. The van der Waals surface area contributed by atoms with Gasteiger partial charge in [-0.2, -0.15) is 0 Å². The van der Waals surface area contributed by atoms with Crippen molar-refractivity contribution in [3.63, 3.8) is 0 Å². The highest BCUT2D eigenvalue weighted by atomic mass is 35.5. The molecule has 0 bridgehead atoms. The molecule has 1 amide bonds. The lowest BCUT2D eigenvalue weighted by atomic mass is 10.1. The van der Waals surface area contributed by atoms with Gasteiger partial charge in [0.1, 0.15) is 4.83 Å². The zero-order valence-corrected chi connectivity index (χ0v) is 20.2. The van der Waals surface area contributed by atoms with E-state index in [1.165, 1.54) is 23.1 Å². The van der Waals surface area contributed by atoms with Crippen molar-refractivity contribution in [3.8, 4) is 0 Å². The number of nitrogens with one attached hydrogen (secondary N) is 1. The highest BCUT2D eigenvalue weighted by molar-refractivity contribution is 7.99. The van der Waals surface area contributed by atoms with Crippen LogP contribution in [0.15, 0.2) is 40.3 Å². The first-order valence-electron chi connectivity index (χ1n) is 10.1. The van der Waals surface area contributed by atoms with E-state index in [1.807, 2.05) is 31.2 Å². The van der Waals surface area contributed by atoms with E-state index in [0.29, 0.717) is 35.1 Å². The van der Waals surface area contributed by atoms with E-state index in [9.17, 15) is 9.59 Å². The predicted molar refractivity (Wildman–Crippen MR) is 128 cm³/mol. The van der Waals surface area contributed by atoms with Gasteiger partial charge in [-0.15, -0.1) is 11.3 Å². The van der Waals surface area contributed by atoms with Crippen LogP contribution in [0.5, 0.6) is 0 Å². The molecule has 0 saturated carbocycles. The Kier molecular flexibility index (Phi) is 8.54. The Labute approximate surface area is 195 Å². The topological polar surface area (TPSA) is 73.2 Å². The van der Waals surface area contributed by atoms with Gasteiger partial charge in [-0.1, -0.05) is 42.4 Å². The van der Waals surface area contributed by atoms with Gasteiger partial charge in [0.2, 0.25) is 5.91 Å². The lowest BCUT2D eigenvalue weighted by molar-refractivity contribution is -0.119. The lowest BCUT2D eigenvalue weighted by Crippen LogP contribution is -2.29. The van der Waals surface area contributed by atoms with Crippen LogP contribution in [0, 0.1) is 0 Å². The van der Waals surface area contributed by atoms with Gasteiger partial charge in [0.25, 0.3) is 5.56 Å². The third-order valence-corrected chi connectivity index (χ3v) is 7.19. The summed E-state index contributed by atoms with van der Waals surface area (Å²) in [6.07, 6.45) is 1.55. The summed E-state index contributed by atoms with van der Waals surface area (Å²) < 4.78 is 6.79. The number of carbonyl (C=O) groups excluding carboxylic acids is 1. The van der Waals surface area contributed by atoms with E-state index >= 15 is 0 Å². The number of nitrogens with zero attached hydrogens (tertiary/aromatic N) is 2. The molecule has 0 unspecified atom stereocenters. The maximum Gasteiger partial charge on any atom is 0.262 e. The van der Waals surface area contributed by atoms with Crippen molar-refractivity contribution in [1.82, 2.24) is 14.9 Å². The molecule has 9 heteroatoms. The standard InChI is InChI=1S/C22H26ClN3O3S2/c1-4-17-12-18-20(31-17)25-22(26(21(18)28)9-6-10-29-3)30-13-19(27)24-14(2)15-7-5-8-16(23)11-15/h5,7-8,11-12,14H,4,6,9-10,13H2,1-3H3,(H,24,27)/t14-/m1/s1. The molecular weight excluding hydrogens is 454 g/mol. The Morgan fingerprint density at radius 2 is 2.19 bits per heavy atom. The van der Waals surface area contributed by atoms with Crippen molar-refractivity contribution in [2.75, 3.05) is 19.5 Å². The molecule has 0 aliphatic carbocycles. The fourth-order valence-electron chi connectivity index (χ4n) is 3.17. The van der Waals surface area contributed by atoms with E-state index in [4.69, 9.17) is 21.3 Å². The molecule has 6 nitrogen and oxygen atoms in total. The van der Waals surface area contributed by atoms with Crippen molar-refractivity contribution < 1.29 is 9.53 Å². The zero-order valence-electron chi connectivity index (χ0n) is 17.8. The molecule has 3 aromatic rings. The first-order chi connectivity index (χ1) is 14.9. The number of carbonyl (C=O) groups is 1. The molecule has 1 atom stereocenters.